The first kappa shape index (κ1) is 16.1. The fraction of sp³-hybridized carbons (Fsp3) is 0.714. The zero-order valence-electron chi connectivity index (χ0n) is 12.6. The first-order valence-corrected chi connectivity index (χ1v) is 7.40. The van der Waals surface area contributed by atoms with Gasteiger partial charge in [0.15, 0.2) is 0 Å². The largest absolute Gasteiger partial charge is 0.480 e. The quantitative estimate of drug-likeness (QED) is 0.902. The summed E-state index contributed by atoms with van der Waals surface area (Å²) in [5, 5.41) is 12.3. The van der Waals surface area contributed by atoms with Gasteiger partial charge in [-0.15, -0.1) is 11.3 Å². The molecule has 0 saturated heterocycles. The number of likely N-dealkylation sites (N-methyl/N-ethyl adjacent to an activating group) is 1. The minimum Gasteiger partial charge on any atom is -0.480 e. The molecule has 0 aliphatic heterocycles. The SMILES string of the molecule is CCN(Cc1nc(C(C)(C)C)cs1)C(C)(C)C(=O)O. The summed E-state index contributed by atoms with van der Waals surface area (Å²) in [6.07, 6.45) is 0. The van der Waals surface area contributed by atoms with E-state index < -0.39 is 11.5 Å². The molecule has 1 heterocycles. The number of hydrogen-bond donors (Lipinski definition) is 1. The van der Waals surface area contributed by atoms with Crippen molar-refractivity contribution in [2.24, 2.45) is 0 Å². The average molecular weight is 284 g/mol. The van der Waals surface area contributed by atoms with Crippen LogP contribution in [0.4, 0.5) is 0 Å². The van der Waals surface area contributed by atoms with Crippen molar-refractivity contribution in [1.82, 2.24) is 9.88 Å². The van der Waals surface area contributed by atoms with E-state index in [4.69, 9.17) is 0 Å². The maximum Gasteiger partial charge on any atom is 0.323 e. The van der Waals surface area contributed by atoms with E-state index in [-0.39, 0.29) is 5.41 Å². The van der Waals surface area contributed by atoms with Crippen LogP contribution in [0.1, 0.15) is 52.2 Å². The van der Waals surface area contributed by atoms with Gasteiger partial charge in [0.25, 0.3) is 0 Å². The Balaban J connectivity index is 2.88. The highest BCUT2D eigenvalue weighted by atomic mass is 32.1. The van der Waals surface area contributed by atoms with E-state index in [0.29, 0.717) is 13.1 Å². The molecular formula is C14H24N2O2S. The predicted octanol–water partition coefficient (Wildman–Crippen LogP) is 3.13. The van der Waals surface area contributed by atoms with Gasteiger partial charge in [-0.3, -0.25) is 9.69 Å². The zero-order valence-corrected chi connectivity index (χ0v) is 13.5. The normalized spacial score (nSPS) is 13.0. The van der Waals surface area contributed by atoms with Crippen molar-refractivity contribution < 1.29 is 9.90 Å². The number of nitrogens with zero attached hydrogens (tertiary/aromatic N) is 2. The minimum absolute atomic E-state index is 0.0358. The molecule has 1 N–H and O–H groups in total. The number of aromatic nitrogens is 1. The van der Waals surface area contributed by atoms with E-state index in [2.05, 4.69) is 31.1 Å². The van der Waals surface area contributed by atoms with Gasteiger partial charge in [0.1, 0.15) is 10.5 Å². The molecular weight excluding hydrogens is 260 g/mol. The van der Waals surface area contributed by atoms with Crippen LogP contribution in [0, 0.1) is 0 Å². The van der Waals surface area contributed by atoms with E-state index in [1.807, 2.05) is 11.8 Å². The highest BCUT2D eigenvalue weighted by Crippen LogP contribution is 2.26. The van der Waals surface area contributed by atoms with Crippen molar-refractivity contribution in [3.8, 4) is 0 Å². The lowest BCUT2D eigenvalue weighted by atomic mass is 9.93. The molecule has 0 saturated carbocycles. The second kappa shape index (κ2) is 5.59. The molecule has 0 aliphatic rings. The topological polar surface area (TPSA) is 53.4 Å². The number of rotatable bonds is 5. The average Bonchev–Trinajstić information content (AvgIpc) is 2.73. The molecule has 0 aromatic carbocycles. The Bertz CT molecular complexity index is 447. The van der Waals surface area contributed by atoms with Crippen LogP contribution < -0.4 is 0 Å². The minimum atomic E-state index is -0.873. The number of hydrogen-bond acceptors (Lipinski definition) is 4. The second-order valence-electron chi connectivity index (χ2n) is 6.25. The standard InChI is InChI=1S/C14H24N2O2S/c1-7-16(14(5,6)12(17)18)8-11-15-10(9-19-11)13(2,3)4/h9H,7-8H2,1-6H3,(H,17,18). The van der Waals surface area contributed by atoms with Crippen LogP contribution in [-0.2, 0) is 16.8 Å². The Kier molecular flexibility index (Phi) is 4.74. The monoisotopic (exact) mass is 284 g/mol. The number of aliphatic carboxylic acids is 1. The predicted molar refractivity (Wildman–Crippen MR) is 78.6 cm³/mol. The molecule has 1 rings (SSSR count). The first-order chi connectivity index (χ1) is 8.59. The number of carboxylic acids is 1. The summed E-state index contributed by atoms with van der Waals surface area (Å²) >= 11 is 1.60. The molecule has 1 aromatic rings. The molecule has 0 spiro atoms. The summed E-state index contributed by atoms with van der Waals surface area (Å²) in [5.74, 6) is -0.804. The Hall–Kier alpha value is -0.940. The molecule has 0 bridgehead atoms. The van der Waals surface area contributed by atoms with Gasteiger partial charge in [0.05, 0.1) is 12.2 Å². The van der Waals surface area contributed by atoms with Gasteiger partial charge >= 0.3 is 5.97 Å². The molecule has 5 heteroatoms. The molecule has 19 heavy (non-hydrogen) atoms. The van der Waals surface area contributed by atoms with Crippen LogP contribution in [0.5, 0.6) is 0 Å². The zero-order chi connectivity index (χ0) is 14.8. The molecule has 0 aliphatic carbocycles. The van der Waals surface area contributed by atoms with Crippen LogP contribution in [0.3, 0.4) is 0 Å². The summed E-state index contributed by atoms with van der Waals surface area (Å²) in [6, 6.07) is 0. The van der Waals surface area contributed by atoms with Crippen LogP contribution >= 0.6 is 11.3 Å². The lowest BCUT2D eigenvalue weighted by Crippen LogP contribution is -2.49. The van der Waals surface area contributed by atoms with Crippen molar-refractivity contribution in [1.29, 1.82) is 0 Å². The van der Waals surface area contributed by atoms with Crippen LogP contribution in [0.15, 0.2) is 5.38 Å². The Morgan fingerprint density at radius 1 is 1.37 bits per heavy atom. The van der Waals surface area contributed by atoms with Crippen molar-refractivity contribution in [2.45, 2.75) is 59.0 Å². The van der Waals surface area contributed by atoms with Crippen LogP contribution in [-0.4, -0.2) is 33.0 Å². The Morgan fingerprint density at radius 3 is 2.32 bits per heavy atom. The maximum absolute atomic E-state index is 11.3. The van der Waals surface area contributed by atoms with Gasteiger partial charge in [-0.25, -0.2) is 4.98 Å². The fourth-order valence-corrected chi connectivity index (χ4v) is 2.77. The summed E-state index contributed by atoms with van der Waals surface area (Å²) in [4.78, 5) is 17.9. The molecule has 0 unspecified atom stereocenters. The van der Waals surface area contributed by atoms with E-state index in [1.54, 1.807) is 25.2 Å². The van der Waals surface area contributed by atoms with Gasteiger partial charge < -0.3 is 5.11 Å². The summed E-state index contributed by atoms with van der Waals surface area (Å²) < 4.78 is 0. The van der Waals surface area contributed by atoms with E-state index in [1.165, 1.54) is 0 Å². The molecule has 4 nitrogen and oxygen atoms in total. The van der Waals surface area contributed by atoms with E-state index in [9.17, 15) is 9.90 Å². The number of carboxylic acid groups (broad SMARTS) is 1. The highest BCUT2D eigenvalue weighted by molar-refractivity contribution is 7.09. The third-order valence-electron chi connectivity index (χ3n) is 3.34. The lowest BCUT2D eigenvalue weighted by molar-refractivity contribution is -0.149. The third-order valence-corrected chi connectivity index (χ3v) is 4.18. The van der Waals surface area contributed by atoms with Gasteiger partial charge in [-0.05, 0) is 20.4 Å². The van der Waals surface area contributed by atoms with Crippen molar-refractivity contribution >= 4 is 17.3 Å². The maximum atomic E-state index is 11.3. The van der Waals surface area contributed by atoms with Gasteiger partial charge in [0, 0.05) is 10.8 Å². The van der Waals surface area contributed by atoms with Gasteiger partial charge in [-0.1, -0.05) is 27.7 Å². The Labute approximate surface area is 119 Å². The van der Waals surface area contributed by atoms with Gasteiger partial charge in [0.2, 0.25) is 0 Å². The van der Waals surface area contributed by atoms with Crippen molar-refractivity contribution in [3.05, 3.63) is 16.1 Å². The van der Waals surface area contributed by atoms with Crippen molar-refractivity contribution in [2.75, 3.05) is 6.54 Å². The highest BCUT2D eigenvalue weighted by Gasteiger charge is 2.34. The number of carbonyl (C=O) groups is 1. The molecule has 108 valence electrons. The summed E-state index contributed by atoms with van der Waals surface area (Å²) in [5.41, 5.74) is 0.229. The summed E-state index contributed by atoms with van der Waals surface area (Å²) in [7, 11) is 0. The lowest BCUT2D eigenvalue weighted by Gasteiger charge is -2.33. The first-order valence-electron chi connectivity index (χ1n) is 6.52. The summed E-state index contributed by atoms with van der Waals surface area (Å²) in [6.45, 7) is 13.1. The van der Waals surface area contributed by atoms with E-state index >= 15 is 0 Å². The van der Waals surface area contributed by atoms with Crippen molar-refractivity contribution in [3.63, 3.8) is 0 Å². The second-order valence-corrected chi connectivity index (χ2v) is 7.20. The smallest absolute Gasteiger partial charge is 0.323 e. The van der Waals surface area contributed by atoms with Crippen LogP contribution in [0.2, 0.25) is 0 Å². The molecule has 1 aromatic heterocycles. The number of thiazole rings is 1. The Morgan fingerprint density at radius 2 is 1.95 bits per heavy atom. The molecule has 0 amide bonds. The van der Waals surface area contributed by atoms with E-state index in [0.717, 1.165) is 10.7 Å². The van der Waals surface area contributed by atoms with Crippen LogP contribution in [0.25, 0.3) is 0 Å². The van der Waals surface area contributed by atoms with Gasteiger partial charge in [-0.2, -0.15) is 0 Å². The molecule has 0 fully saturated rings. The molecule has 0 atom stereocenters. The molecule has 0 radical (unpaired) electrons. The third kappa shape index (κ3) is 3.76. The fourth-order valence-electron chi connectivity index (χ4n) is 1.73.